The number of ether oxygens (including phenoxy) is 1. The highest BCUT2D eigenvalue weighted by Gasteiger charge is 2.22. The number of hydrogen-bond acceptors (Lipinski definition) is 4. The van der Waals surface area contributed by atoms with Crippen molar-refractivity contribution in [3.8, 4) is 0 Å². The van der Waals surface area contributed by atoms with Crippen molar-refractivity contribution >= 4 is 5.97 Å². The van der Waals surface area contributed by atoms with E-state index in [2.05, 4.69) is 5.32 Å². The van der Waals surface area contributed by atoms with Gasteiger partial charge in [0, 0.05) is 6.04 Å². The van der Waals surface area contributed by atoms with Gasteiger partial charge >= 0.3 is 5.97 Å². The normalized spacial score (nSPS) is 24.3. The first-order valence-electron chi connectivity index (χ1n) is 5.36. The second kappa shape index (κ2) is 5.98. The SMILES string of the molecule is CCOC(=O)CC(N)C1CCCNC1. The molecule has 0 aromatic heterocycles. The van der Waals surface area contributed by atoms with Crippen molar-refractivity contribution in [3.63, 3.8) is 0 Å². The number of nitrogens with two attached hydrogens (primary N) is 1. The van der Waals surface area contributed by atoms with E-state index < -0.39 is 0 Å². The lowest BCUT2D eigenvalue weighted by atomic mass is 9.90. The van der Waals surface area contributed by atoms with E-state index in [9.17, 15) is 4.79 Å². The summed E-state index contributed by atoms with van der Waals surface area (Å²) in [6, 6.07) is -0.0538. The monoisotopic (exact) mass is 200 g/mol. The van der Waals surface area contributed by atoms with Gasteiger partial charge in [-0.2, -0.15) is 0 Å². The number of esters is 1. The van der Waals surface area contributed by atoms with Crippen LogP contribution in [0.15, 0.2) is 0 Å². The molecule has 0 aromatic rings. The zero-order valence-corrected chi connectivity index (χ0v) is 8.79. The van der Waals surface area contributed by atoms with Crippen LogP contribution in [0.1, 0.15) is 26.2 Å². The molecule has 1 saturated heterocycles. The number of carbonyl (C=O) groups excluding carboxylic acids is 1. The first-order chi connectivity index (χ1) is 6.74. The minimum absolute atomic E-state index is 0.0538. The van der Waals surface area contributed by atoms with Crippen molar-refractivity contribution in [2.75, 3.05) is 19.7 Å². The van der Waals surface area contributed by atoms with E-state index >= 15 is 0 Å². The average Bonchev–Trinajstić information content (AvgIpc) is 2.19. The Kier molecular flexibility index (Phi) is 4.90. The Hall–Kier alpha value is -0.610. The maximum absolute atomic E-state index is 11.2. The summed E-state index contributed by atoms with van der Waals surface area (Å²) >= 11 is 0. The van der Waals surface area contributed by atoms with Crippen molar-refractivity contribution in [1.82, 2.24) is 5.32 Å². The van der Waals surface area contributed by atoms with Crippen LogP contribution < -0.4 is 11.1 Å². The van der Waals surface area contributed by atoms with E-state index in [0.717, 1.165) is 25.9 Å². The van der Waals surface area contributed by atoms with Crippen LogP contribution in [0.2, 0.25) is 0 Å². The number of rotatable bonds is 4. The van der Waals surface area contributed by atoms with Gasteiger partial charge in [-0.25, -0.2) is 0 Å². The summed E-state index contributed by atoms with van der Waals surface area (Å²) in [4.78, 5) is 11.2. The van der Waals surface area contributed by atoms with Crippen LogP contribution in [0.25, 0.3) is 0 Å². The van der Waals surface area contributed by atoms with Crippen LogP contribution in [0.5, 0.6) is 0 Å². The maximum Gasteiger partial charge on any atom is 0.307 e. The van der Waals surface area contributed by atoms with Gasteiger partial charge in [-0.3, -0.25) is 4.79 Å². The van der Waals surface area contributed by atoms with Crippen LogP contribution in [0.4, 0.5) is 0 Å². The molecular weight excluding hydrogens is 180 g/mol. The molecule has 0 radical (unpaired) electrons. The molecule has 0 aromatic carbocycles. The molecule has 4 nitrogen and oxygen atoms in total. The average molecular weight is 200 g/mol. The summed E-state index contributed by atoms with van der Waals surface area (Å²) in [6.45, 7) is 4.25. The van der Waals surface area contributed by atoms with Gasteiger partial charge in [-0.1, -0.05) is 0 Å². The molecule has 2 atom stereocenters. The third kappa shape index (κ3) is 3.64. The summed E-state index contributed by atoms with van der Waals surface area (Å²) < 4.78 is 4.86. The van der Waals surface area contributed by atoms with Gasteiger partial charge in [0.05, 0.1) is 13.0 Å². The van der Waals surface area contributed by atoms with E-state index in [4.69, 9.17) is 10.5 Å². The second-order valence-corrected chi connectivity index (χ2v) is 3.78. The number of hydrogen-bond donors (Lipinski definition) is 2. The quantitative estimate of drug-likeness (QED) is 0.639. The fourth-order valence-electron chi connectivity index (χ4n) is 1.82. The minimum atomic E-state index is -0.175. The van der Waals surface area contributed by atoms with E-state index in [1.165, 1.54) is 0 Å². The van der Waals surface area contributed by atoms with Gasteiger partial charge in [0.15, 0.2) is 0 Å². The molecule has 2 unspecified atom stereocenters. The first-order valence-corrected chi connectivity index (χ1v) is 5.36. The zero-order valence-electron chi connectivity index (χ0n) is 8.79. The summed E-state index contributed by atoms with van der Waals surface area (Å²) in [7, 11) is 0. The van der Waals surface area contributed by atoms with E-state index in [-0.39, 0.29) is 12.0 Å². The molecule has 1 aliphatic rings. The predicted octanol–water partition coefficient (Wildman–Crippen LogP) is 0.267. The first kappa shape index (κ1) is 11.5. The third-order valence-electron chi connectivity index (χ3n) is 2.65. The Bertz CT molecular complexity index is 179. The van der Waals surface area contributed by atoms with Gasteiger partial charge in [0.1, 0.15) is 0 Å². The number of nitrogens with one attached hydrogen (secondary N) is 1. The minimum Gasteiger partial charge on any atom is -0.466 e. The molecule has 3 N–H and O–H groups in total. The molecule has 4 heteroatoms. The fraction of sp³-hybridized carbons (Fsp3) is 0.900. The molecule has 0 bridgehead atoms. The van der Waals surface area contributed by atoms with Crippen LogP contribution in [-0.2, 0) is 9.53 Å². The predicted molar refractivity (Wildman–Crippen MR) is 54.8 cm³/mol. The highest BCUT2D eigenvalue weighted by molar-refractivity contribution is 5.70. The Morgan fingerprint density at radius 2 is 2.50 bits per heavy atom. The second-order valence-electron chi connectivity index (χ2n) is 3.78. The largest absolute Gasteiger partial charge is 0.466 e. The Morgan fingerprint density at radius 3 is 3.07 bits per heavy atom. The van der Waals surface area contributed by atoms with Gasteiger partial charge in [-0.15, -0.1) is 0 Å². The van der Waals surface area contributed by atoms with Crippen molar-refractivity contribution in [2.24, 2.45) is 11.7 Å². The van der Waals surface area contributed by atoms with Crippen LogP contribution in [-0.4, -0.2) is 31.7 Å². The Labute approximate surface area is 85.2 Å². The molecule has 14 heavy (non-hydrogen) atoms. The standard InChI is InChI=1S/C10H20N2O2/c1-2-14-10(13)6-9(11)8-4-3-5-12-7-8/h8-9,12H,2-7,11H2,1H3. The fourth-order valence-corrected chi connectivity index (χ4v) is 1.82. The maximum atomic E-state index is 11.2. The molecule has 0 spiro atoms. The van der Waals surface area contributed by atoms with Crippen LogP contribution >= 0.6 is 0 Å². The summed E-state index contributed by atoms with van der Waals surface area (Å²) in [5.74, 6) is 0.249. The summed E-state index contributed by atoms with van der Waals surface area (Å²) in [6.07, 6.45) is 2.62. The lowest BCUT2D eigenvalue weighted by molar-refractivity contribution is -0.143. The molecule has 1 rings (SSSR count). The Balaban J connectivity index is 2.25. The van der Waals surface area contributed by atoms with E-state index in [0.29, 0.717) is 18.9 Å². The van der Waals surface area contributed by atoms with Gasteiger partial charge in [0.25, 0.3) is 0 Å². The van der Waals surface area contributed by atoms with E-state index in [1.54, 1.807) is 0 Å². The molecule has 1 heterocycles. The van der Waals surface area contributed by atoms with Crippen molar-refractivity contribution in [2.45, 2.75) is 32.2 Å². The molecule has 1 aliphatic heterocycles. The summed E-state index contributed by atoms with van der Waals surface area (Å²) in [5.41, 5.74) is 5.94. The van der Waals surface area contributed by atoms with Crippen molar-refractivity contribution in [3.05, 3.63) is 0 Å². The molecule has 1 fully saturated rings. The topological polar surface area (TPSA) is 64.3 Å². The molecular formula is C10H20N2O2. The number of carbonyl (C=O) groups is 1. The molecule has 0 aliphatic carbocycles. The number of piperidine rings is 1. The highest BCUT2D eigenvalue weighted by atomic mass is 16.5. The molecule has 82 valence electrons. The van der Waals surface area contributed by atoms with Crippen molar-refractivity contribution in [1.29, 1.82) is 0 Å². The van der Waals surface area contributed by atoms with Crippen LogP contribution in [0, 0.1) is 5.92 Å². The summed E-state index contributed by atoms with van der Waals surface area (Å²) in [5, 5.41) is 3.29. The lowest BCUT2D eigenvalue weighted by Gasteiger charge is -2.27. The Morgan fingerprint density at radius 1 is 1.71 bits per heavy atom. The van der Waals surface area contributed by atoms with E-state index in [1.807, 2.05) is 6.92 Å². The zero-order chi connectivity index (χ0) is 10.4. The van der Waals surface area contributed by atoms with Gasteiger partial charge < -0.3 is 15.8 Å². The smallest absolute Gasteiger partial charge is 0.307 e. The highest BCUT2D eigenvalue weighted by Crippen LogP contribution is 2.15. The van der Waals surface area contributed by atoms with Crippen LogP contribution in [0.3, 0.4) is 0 Å². The molecule has 0 amide bonds. The van der Waals surface area contributed by atoms with Crippen molar-refractivity contribution < 1.29 is 9.53 Å². The third-order valence-corrected chi connectivity index (χ3v) is 2.65. The lowest BCUT2D eigenvalue weighted by Crippen LogP contribution is -2.42. The molecule has 0 saturated carbocycles. The van der Waals surface area contributed by atoms with Gasteiger partial charge in [0.2, 0.25) is 0 Å². The van der Waals surface area contributed by atoms with Gasteiger partial charge in [-0.05, 0) is 38.8 Å².